The minimum Gasteiger partial charge on any atom is -0.477 e. The summed E-state index contributed by atoms with van der Waals surface area (Å²) in [5.74, 6) is -1.26. The molecule has 2 aromatic rings. The first-order valence-electron chi connectivity index (χ1n) is 5.17. The van der Waals surface area contributed by atoms with E-state index in [-0.39, 0.29) is 17.0 Å². The molecular formula is C12H10ClNO4. The Balaban J connectivity index is 2.58. The number of benzene rings is 1. The molecule has 2 N–H and O–H groups in total. The SMILES string of the molecule is CC(O)c1onc(-c2ccc(Cl)cc2)c1C(=O)O. The molecule has 6 heteroatoms. The van der Waals surface area contributed by atoms with Gasteiger partial charge in [0.15, 0.2) is 5.76 Å². The summed E-state index contributed by atoms with van der Waals surface area (Å²) in [4.78, 5) is 11.2. The zero-order chi connectivity index (χ0) is 13.3. The lowest BCUT2D eigenvalue weighted by Crippen LogP contribution is -2.03. The molecule has 94 valence electrons. The third-order valence-corrected chi connectivity index (χ3v) is 2.68. The van der Waals surface area contributed by atoms with Crippen LogP contribution in [-0.4, -0.2) is 21.3 Å². The fourth-order valence-electron chi connectivity index (χ4n) is 1.60. The number of rotatable bonds is 3. The van der Waals surface area contributed by atoms with Gasteiger partial charge in [-0.05, 0) is 19.1 Å². The molecule has 0 radical (unpaired) electrons. The van der Waals surface area contributed by atoms with Gasteiger partial charge in [0.05, 0.1) is 0 Å². The fourth-order valence-corrected chi connectivity index (χ4v) is 1.73. The molecule has 1 unspecified atom stereocenters. The van der Waals surface area contributed by atoms with Crippen molar-refractivity contribution in [3.05, 3.63) is 40.6 Å². The van der Waals surface area contributed by atoms with E-state index in [4.69, 9.17) is 21.2 Å². The number of aliphatic hydroxyl groups excluding tert-OH is 1. The van der Waals surface area contributed by atoms with E-state index < -0.39 is 12.1 Å². The molecule has 1 atom stereocenters. The van der Waals surface area contributed by atoms with Crippen molar-refractivity contribution in [2.75, 3.05) is 0 Å². The Bertz CT molecular complexity index is 574. The highest BCUT2D eigenvalue weighted by atomic mass is 35.5. The van der Waals surface area contributed by atoms with Crippen molar-refractivity contribution < 1.29 is 19.5 Å². The van der Waals surface area contributed by atoms with Crippen LogP contribution in [0.3, 0.4) is 0 Å². The number of carbonyl (C=O) groups is 1. The van der Waals surface area contributed by atoms with E-state index in [0.717, 1.165) is 0 Å². The van der Waals surface area contributed by atoms with Gasteiger partial charge in [-0.15, -0.1) is 0 Å². The maximum absolute atomic E-state index is 11.2. The first-order valence-corrected chi connectivity index (χ1v) is 5.55. The van der Waals surface area contributed by atoms with Crippen LogP contribution in [-0.2, 0) is 0 Å². The summed E-state index contributed by atoms with van der Waals surface area (Å²) in [7, 11) is 0. The molecule has 0 spiro atoms. The molecule has 5 nitrogen and oxygen atoms in total. The predicted molar refractivity (Wildman–Crippen MR) is 64.5 cm³/mol. The number of aliphatic hydroxyl groups is 1. The lowest BCUT2D eigenvalue weighted by molar-refractivity contribution is 0.0685. The van der Waals surface area contributed by atoms with Crippen molar-refractivity contribution in [2.24, 2.45) is 0 Å². The Kier molecular flexibility index (Phi) is 3.36. The summed E-state index contributed by atoms with van der Waals surface area (Å²) < 4.78 is 4.89. The van der Waals surface area contributed by atoms with Crippen LogP contribution in [0.2, 0.25) is 5.02 Å². The van der Waals surface area contributed by atoms with E-state index in [0.29, 0.717) is 10.6 Å². The number of carboxylic acid groups (broad SMARTS) is 1. The Labute approximate surface area is 108 Å². The summed E-state index contributed by atoms with van der Waals surface area (Å²) >= 11 is 5.76. The van der Waals surface area contributed by atoms with Crippen LogP contribution in [0.15, 0.2) is 28.8 Å². The third-order valence-electron chi connectivity index (χ3n) is 2.43. The molecule has 18 heavy (non-hydrogen) atoms. The highest BCUT2D eigenvalue weighted by Gasteiger charge is 2.26. The molecule has 1 heterocycles. The van der Waals surface area contributed by atoms with Gasteiger partial charge in [-0.25, -0.2) is 4.79 Å². The Morgan fingerprint density at radius 3 is 2.50 bits per heavy atom. The van der Waals surface area contributed by atoms with E-state index >= 15 is 0 Å². The minimum atomic E-state index is -1.20. The number of hydrogen-bond acceptors (Lipinski definition) is 4. The van der Waals surface area contributed by atoms with E-state index in [1.165, 1.54) is 6.92 Å². The molecule has 0 aliphatic carbocycles. The highest BCUT2D eigenvalue weighted by molar-refractivity contribution is 6.30. The molecule has 0 bridgehead atoms. The zero-order valence-electron chi connectivity index (χ0n) is 9.42. The van der Waals surface area contributed by atoms with Crippen LogP contribution in [0.25, 0.3) is 11.3 Å². The van der Waals surface area contributed by atoms with Gasteiger partial charge in [0, 0.05) is 10.6 Å². The quantitative estimate of drug-likeness (QED) is 0.893. The maximum Gasteiger partial charge on any atom is 0.341 e. The van der Waals surface area contributed by atoms with Gasteiger partial charge in [0.1, 0.15) is 17.4 Å². The van der Waals surface area contributed by atoms with E-state index in [9.17, 15) is 9.90 Å². The first-order chi connectivity index (χ1) is 8.50. The third kappa shape index (κ3) is 2.23. The van der Waals surface area contributed by atoms with Crippen LogP contribution < -0.4 is 0 Å². The minimum absolute atomic E-state index is 0.0625. The van der Waals surface area contributed by atoms with Gasteiger partial charge in [-0.1, -0.05) is 28.9 Å². The smallest absolute Gasteiger partial charge is 0.341 e. The lowest BCUT2D eigenvalue weighted by atomic mass is 10.0. The van der Waals surface area contributed by atoms with Gasteiger partial charge >= 0.3 is 5.97 Å². The molecule has 0 saturated carbocycles. The number of carboxylic acids is 1. The average Bonchev–Trinajstić information content (AvgIpc) is 2.74. The second kappa shape index (κ2) is 4.80. The zero-order valence-corrected chi connectivity index (χ0v) is 10.2. The largest absolute Gasteiger partial charge is 0.477 e. The summed E-state index contributed by atoms with van der Waals surface area (Å²) in [6.07, 6.45) is -1.04. The number of aromatic carboxylic acids is 1. The number of hydrogen-bond donors (Lipinski definition) is 2. The van der Waals surface area contributed by atoms with Crippen LogP contribution in [0.5, 0.6) is 0 Å². The number of halogens is 1. The molecule has 0 saturated heterocycles. The van der Waals surface area contributed by atoms with Crippen molar-refractivity contribution in [3.63, 3.8) is 0 Å². The summed E-state index contributed by atoms with van der Waals surface area (Å²) in [5, 5.41) is 22.8. The van der Waals surface area contributed by atoms with Crippen LogP contribution in [0.4, 0.5) is 0 Å². The highest BCUT2D eigenvalue weighted by Crippen LogP contribution is 2.29. The number of aromatic nitrogens is 1. The number of nitrogens with zero attached hydrogens (tertiary/aromatic N) is 1. The maximum atomic E-state index is 11.2. The Hall–Kier alpha value is -1.85. The van der Waals surface area contributed by atoms with E-state index in [1.807, 2.05) is 0 Å². The Morgan fingerprint density at radius 1 is 1.39 bits per heavy atom. The lowest BCUT2D eigenvalue weighted by Gasteiger charge is -2.01. The van der Waals surface area contributed by atoms with Gasteiger partial charge in [0.2, 0.25) is 0 Å². The second-order valence-corrected chi connectivity index (χ2v) is 4.19. The molecule has 2 rings (SSSR count). The van der Waals surface area contributed by atoms with Crippen LogP contribution in [0, 0.1) is 0 Å². The van der Waals surface area contributed by atoms with Crippen LogP contribution >= 0.6 is 11.6 Å². The normalized spacial score (nSPS) is 12.4. The van der Waals surface area contributed by atoms with Crippen molar-refractivity contribution in [2.45, 2.75) is 13.0 Å². The predicted octanol–water partition coefficient (Wildman–Crippen LogP) is 2.75. The summed E-state index contributed by atoms with van der Waals surface area (Å²) in [5.41, 5.74) is 0.606. The monoisotopic (exact) mass is 267 g/mol. The molecule has 1 aromatic carbocycles. The van der Waals surface area contributed by atoms with Gasteiger partial charge in [0.25, 0.3) is 0 Å². The van der Waals surface area contributed by atoms with E-state index in [2.05, 4.69) is 5.16 Å². The first kappa shape index (κ1) is 12.6. The summed E-state index contributed by atoms with van der Waals surface area (Å²) in [6, 6.07) is 6.52. The molecule has 1 aromatic heterocycles. The summed E-state index contributed by atoms with van der Waals surface area (Å²) in [6.45, 7) is 1.42. The molecule has 0 aliphatic heterocycles. The Morgan fingerprint density at radius 2 is 2.00 bits per heavy atom. The second-order valence-electron chi connectivity index (χ2n) is 3.76. The van der Waals surface area contributed by atoms with Crippen molar-refractivity contribution in [1.29, 1.82) is 0 Å². The van der Waals surface area contributed by atoms with Crippen LogP contribution in [0.1, 0.15) is 29.1 Å². The van der Waals surface area contributed by atoms with Gasteiger partial charge in [-0.2, -0.15) is 0 Å². The molecule has 0 aliphatic rings. The topological polar surface area (TPSA) is 83.6 Å². The van der Waals surface area contributed by atoms with Crippen molar-refractivity contribution in [3.8, 4) is 11.3 Å². The van der Waals surface area contributed by atoms with Gasteiger partial charge < -0.3 is 14.7 Å². The van der Waals surface area contributed by atoms with Gasteiger partial charge in [-0.3, -0.25) is 0 Å². The standard InChI is InChI=1S/C12H10ClNO4/c1-6(15)11-9(12(16)17)10(14-18-11)7-2-4-8(13)5-3-7/h2-6,15H,1H3,(H,16,17). The van der Waals surface area contributed by atoms with Crippen molar-refractivity contribution >= 4 is 17.6 Å². The molecular weight excluding hydrogens is 258 g/mol. The molecule has 0 amide bonds. The molecule has 0 fully saturated rings. The van der Waals surface area contributed by atoms with E-state index in [1.54, 1.807) is 24.3 Å². The van der Waals surface area contributed by atoms with Crippen molar-refractivity contribution in [1.82, 2.24) is 5.16 Å². The average molecular weight is 268 g/mol. The fraction of sp³-hybridized carbons (Fsp3) is 0.167.